The lowest BCUT2D eigenvalue weighted by Gasteiger charge is -2.15. The van der Waals surface area contributed by atoms with E-state index >= 15 is 0 Å². The normalized spacial score (nSPS) is 12.0. The van der Waals surface area contributed by atoms with E-state index in [2.05, 4.69) is 25.6 Å². The van der Waals surface area contributed by atoms with Crippen molar-refractivity contribution < 1.29 is 14.6 Å². The number of benzene rings is 2. The Morgan fingerprint density at radius 2 is 1.67 bits per heavy atom. The molecular formula is C32H37NO3. The zero-order valence-corrected chi connectivity index (χ0v) is 21.9. The number of aromatic nitrogens is 1. The predicted octanol–water partition coefficient (Wildman–Crippen LogP) is 7.92. The molecule has 0 fully saturated rings. The number of ether oxygens (including phenoxy) is 1. The summed E-state index contributed by atoms with van der Waals surface area (Å²) in [5.74, 6) is 0.754. The number of carbonyl (C=O) groups excluding carboxylic acids is 1. The van der Waals surface area contributed by atoms with Crippen molar-refractivity contribution >= 4 is 17.9 Å². The fourth-order valence-electron chi connectivity index (χ4n) is 4.41. The summed E-state index contributed by atoms with van der Waals surface area (Å²) in [6, 6.07) is 16.1. The Kier molecular flexibility index (Phi) is 9.77. The number of unbranched alkanes of at least 4 members (excludes halogenated alkanes) is 2. The van der Waals surface area contributed by atoms with E-state index in [1.54, 1.807) is 13.0 Å². The van der Waals surface area contributed by atoms with E-state index in [-0.39, 0.29) is 5.78 Å². The molecule has 4 nitrogen and oxygen atoms in total. The topological polar surface area (TPSA) is 59.4 Å². The van der Waals surface area contributed by atoms with E-state index in [0.29, 0.717) is 12.2 Å². The fourth-order valence-corrected chi connectivity index (χ4v) is 4.41. The van der Waals surface area contributed by atoms with Crippen LogP contribution in [-0.4, -0.2) is 28.6 Å². The summed E-state index contributed by atoms with van der Waals surface area (Å²) in [6.45, 7) is 11.8. The Labute approximate surface area is 215 Å². The van der Waals surface area contributed by atoms with Gasteiger partial charge in [0.15, 0.2) is 5.78 Å². The minimum absolute atomic E-state index is 0.00390. The van der Waals surface area contributed by atoms with E-state index < -0.39 is 6.10 Å². The van der Waals surface area contributed by atoms with Crippen LogP contribution >= 0.6 is 0 Å². The standard InChI is InChI=1S/C32H37NO3/c1-6-9-10-12-27(35)21-36-28-19-17-25(18-20-28)24-13-15-26(16-14-24)32-22(4)31(23(5)34)29(8-3)30(33-32)11-7-2/h7-8,11,13-20,27,35H,3,6,9-10,12,21H2,1-2,4-5H3/b11-7-. The number of aliphatic hydroxyl groups is 1. The fraction of sp³-hybridized carbons (Fsp3) is 0.312. The average molecular weight is 484 g/mol. The van der Waals surface area contributed by atoms with Gasteiger partial charge in [0.25, 0.3) is 0 Å². The molecule has 4 heteroatoms. The number of ketones is 1. The highest BCUT2D eigenvalue weighted by Crippen LogP contribution is 2.31. The van der Waals surface area contributed by atoms with Gasteiger partial charge in [-0.1, -0.05) is 81.3 Å². The Hall–Kier alpha value is -3.50. The van der Waals surface area contributed by atoms with Crippen LogP contribution < -0.4 is 4.74 Å². The lowest BCUT2D eigenvalue weighted by atomic mass is 9.93. The van der Waals surface area contributed by atoms with Crippen molar-refractivity contribution in [2.45, 2.75) is 59.5 Å². The molecule has 0 saturated carbocycles. The highest BCUT2D eigenvalue weighted by molar-refractivity contribution is 6.01. The zero-order chi connectivity index (χ0) is 26.1. The molecule has 0 saturated heterocycles. The maximum atomic E-state index is 12.5. The molecule has 1 aromatic heterocycles. The van der Waals surface area contributed by atoms with Gasteiger partial charge >= 0.3 is 0 Å². The molecule has 2 aromatic carbocycles. The average Bonchev–Trinajstić information content (AvgIpc) is 2.88. The summed E-state index contributed by atoms with van der Waals surface area (Å²) in [5, 5.41) is 10.1. The first-order chi connectivity index (χ1) is 17.4. The molecule has 3 rings (SSSR count). The molecule has 0 aliphatic heterocycles. The van der Waals surface area contributed by atoms with Gasteiger partial charge in [-0.2, -0.15) is 0 Å². The molecule has 0 bridgehead atoms. The molecule has 0 radical (unpaired) electrons. The Bertz CT molecular complexity index is 1210. The largest absolute Gasteiger partial charge is 0.491 e. The van der Waals surface area contributed by atoms with Crippen LogP contribution in [0.3, 0.4) is 0 Å². The molecule has 3 aromatic rings. The van der Waals surface area contributed by atoms with Gasteiger partial charge in [-0.15, -0.1) is 0 Å². The van der Waals surface area contributed by atoms with Crippen molar-refractivity contribution in [3.05, 3.63) is 83.6 Å². The number of pyridine rings is 1. The maximum absolute atomic E-state index is 12.5. The van der Waals surface area contributed by atoms with Gasteiger partial charge in [0.2, 0.25) is 0 Å². The number of nitrogens with zero attached hydrogens (tertiary/aromatic N) is 1. The third-order valence-corrected chi connectivity index (χ3v) is 6.32. The first kappa shape index (κ1) is 27.1. The highest BCUT2D eigenvalue weighted by Gasteiger charge is 2.18. The van der Waals surface area contributed by atoms with Crippen molar-refractivity contribution in [2.24, 2.45) is 0 Å². The number of aliphatic hydroxyl groups excluding tert-OH is 1. The monoisotopic (exact) mass is 483 g/mol. The molecule has 36 heavy (non-hydrogen) atoms. The van der Waals surface area contributed by atoms with E-state index in [9.17, 15) is 9.90 Å². The summed E-state index contributed by atoms with van der Waals surface area (Å²) in [6.07, 6.45) is 9.18. The van der Waals surface area contributed by atoms with Gasteiger partial charge in [-0.05, 0) is 62.1 Å². The zero-order valence-electron chi connectivity index (χ0n) is 21.9. The number of Topliss-reactive ketones (excluding diaryl/α,β-unsaturated/α-hetero) is 1. The van der Waals surface area contributed by atoms with Crippen LogP contribution in [0.15, 0.2) is 61.2 Å². The van der Waals surface area contributed by atoms with Gasteiger partial charge in [0, 0.05) is 16.7 Å². The number of allylic oxidation sites excluding steroid dienone is 1. The summed E-state index contributed by atoms with van der Waals surface area (Å²) >= 11 is 0. The smallest absolute Gasteiger partial charge is 0.160 e. The third kappa shape index (κ3) is 6.58. The minimum atomic E-state index is -0.432. The van der Waals surface area contributed by atoms with Crippen molar-refractivity contribution in [2.75, 3.05) is 6.61 Å². The quantitative estimate of drug-likeness (QED) is 0.210. The van der Waals surface area contributed by atoms with E-state index in [4.69, 9.17) is 9.72 Å². The second-order valence-corrected chi connectivity index (χ2v) is 9.08. The maximum Gasteiger partial charge on any atom is 0.160 e. The lowest BCUT2D eigenvalue weighted by Crippen LogP contribution is -2.17. The van der Waals surface area contributed by atoms with Gasteiger partial charge in [0.05, 0.1) is 17.5 Å². The van der Waals surface area contributed by atoms with Crippen LogP contribution in [-0.2, 0) is 0 Å². The van der Waals surface area contributed by atoms with Crippen LogP contribution in [0.1, 0.15) is 73.6 Å². The minimum Gasteiger partial charge on any atom is -0.491 e. The summed E-state index contributed by atoms with van der Waals surface area (Å²) in [5.41, 5.74) is 6.94. The first-order valence-corrected chi connectivity index (χ1v) is 12.7. The highest BCUT2D eigenvalue weighted by atomic mass is 16.5. The third-order valence-electron chi connectivity index (χ3n) is 6.32. The van der Waals surface area contributed by atoms with E-state index in [0.717, 1.165) is 70.6 Å². The van der Waals surface area contributed by atoms with Crippen molar-refractivity contribution in [3.8, 4) is 28.1 Å². The van der Waals surface area contributed by atoms with Crippen molar-refractivity contribution in [1.82, 2.24) is 4.98 Å². The van der Waals surface area contributed by atoms with Crippen LogP contribution in [0.5, 0.6) is 5.75 Å². The molecule has 0 spiro atoms. The number of hydrogen-bond donors (Lipinski definition) is 1. The van der Waals surface area contributed by atoms with Gasteiger partial charge < -0.3 is 9.84 Å². The molecule has 0 aliphatic carbocycles. The summed E-state index contributed by atoms with van der Waals surface area (Å²) in [7, 11) is 0. The molecule has 1 heterocycles. The number of carbonyl (C=O) groups is 1. The van der Waals surface area contributed by atoms with Crippen LogP contribution in [0.4, 0.5) is 0 Å². The van der Waals surface area contributed by atoms with Crippen LogP contribution in [0.2, 0.25) is 0 Å². The Morgan fingerprint density at radius 1 is 1.06 bits per heavy atom. The molecule has 1 N–H and O–H groups in total. The molecule has 0 amide bonds. The Balaban J connectivity index is 1.80. The molecule has 0 aliphatic rings. The van der Waals surface area contributed by atoms with Gasteiger partial charge in [-0.25, -0.2) is 4.98 Å². The molecule has 1 unspecified atom stereocenters. The molecule has 188 valence electrons. The van der Waals surface area contributed by atoms with Crippen molar-refractivity contribution in [3.63, 3.8) is 0 Å². The van der Waals surface area contributed by atoms with Crippen LogP contribution in [0, 0.1) is 6.92 Å². The van der Waals surface area contributed by atoms with E-state index in [1.807, 2.05) is 62.4 Å². The van der Waals surface area contributed by atoms with Crippen molar-refractivity contribution in [1.29, 1.82) is 0 Å². The SMILES string of the molecule is C=Cc1c(/C=C\C)nc(-c2ccc(-c3ccc(OCC(O)CCCCC)cc3)cc2)c(C)c1C(C)=O. The lowest BCUT2D eigenvalue weighted by molar-refractivity contribution is 0.0976. The predicted molar refractivity (Wildman–Crippen MR) is 150 cm³/mol. The second kappa shape index (κ2) is 13.0. The Morgan fingerprint density at radius 3 is 2.22 bits per heavy atom. The molecular weight excluding hydrogens is 446 g/mol. The summed E-state index contributed by atoms with van der Waals surface area (Å²) in [4.78, 5) is 17.3. The van der Waals surface area contributed by atoms with Gasteiger partial charge in [0.1, 0.15) is 12.4 Å². The van der Waals surface area contributed by atoms with Crippen LogP contribution in [0.25, 0.3) is 34.5 Å². The van der Waals surface area contributed by atoms with E-state index in [1.165, 1.54) is 0 Å². The molecule has 1 atom stereocenters. The van der Waals surface area contributed by atoms with Gasteiger partial charge in [-0.3, -0.25) is 4.79 Å². The first-order valence-electron chi connectivity index (χ1n) is 12.7. The number of rotatable bonds is 12. The second-order valence-electron chi connectivity index (χ2n) is 9.08. The summed E-state index contributed by atoms with van der Waals surface area (Å²) < 4.78 is 5.76. The number of hydrogen-bond acceptors (Lipinski definition) is 4.